The van der Waals surface area contributed by atoms with Crippen LogP contribution in [0.5, 0.6) is 0 Å². The van der Waals surface area contributed by atoms with Crippen LogP contribution in [-0.4, -0.2) is 30.2 Å². The SMILES string of the molecule is Cn1ccnc1-c1sc(NC(=O)c2ccn(-c3cccc(Cl)c3)n2)nc1-c1ccccc1. The molecular formula is C23H17ClN6OS. The molecule has 0 saturated carbocycles. The molecule has 0 spiro atoms. The van der Waals surface area contributed by atoms with Gasteiger partial charge in [-0.15, -0.1) is 0 Å². The Balaban J connectivity index is 1.45. The van der Waals surface area contributed by atoms with Gasteiger partial charge in [0.1, 0.15) is 0 Å². The predicted molar refractivity (Wildman–Crippen MR) is 126 cm³/mol. The van der Waals surface area contributed by atoms with Crippen molar-refractivity contribution < 1.29 is 4.79 Å². The van der Waals surface area contributed by atoms with Crippen LogP contribution in [0.15, 0.2) is 79.3 Å². The van der Waals surface area contributed by atoms with Gasteiger partial charge in [0.2, 0.25) is 0 Å². The number of nitrogens with zero attached hydrogens (tertiary/aromatic N) is 5. The van der Waals surface area contributed by atoms with Gasteiger partial charge in [-0.05, 0) is 24.3 Å². The third-order valence-electron chi connectivity index (χ3n) is 4.81. The molecule has 9 heteroatoms. The number of anilines is 1. The van der Waals surface area contributed by atoms with Crippen molar-refractivity contribution in [2.75, 3.05) is 5.32 Å². The maximum atomic E-state index is 12.9. The molecule has 0 fully saturated rings. The van der Waals surface area contributed by atoms with Crippen LogP contribution in [0.3, 0.4) is 0 Å². The quantitative estimate of drug-likeness (QED) is 0.386. The minimum Gasteiger partial charge on any atom is -0.333 e. The average molecular weight is 461 g/mol. The highest BCUT2D eigenvalue weighted by atomic mass is 35.5. The molecule has 0 aliphatic heterocycles. The molecule has 0 radical (unpaired) electrons. The van der Waals surface area contributed by atoms with E-state index in [1.807, 2.05) is 60.3 Å². The highest BCUT2D eigenvalue weighted by Crippen LogP contribution is 2.38. The van der Waals surface area contributed by atoms with Gasteiger partial charge in [-0.25, -0.2) is 14.6 Å². The second-order valence-electron chi connectivity index (χ2n) is 7.00. The van der Waals surface area contributed by atoms with Gasteiger partial charge in [0.15, 0.2) is 16.6 Å². The third kappa shape index (κ3) is 3.93. The van der Waals surface area contributed by atoms with Crippen molar-refractivity contribution in [3.8, 4) is 27.6 Å². The number of benzene rings is 2. The van der Waals surface area contributed by atoms with Gasteiger partial charge in [0, 0.05) is 36.2 Å². The van der Waals surface area contributed by atoms with Crippen molar-refractivity contribution in [3.63, 3.8) is 0 Å². The number of hydrogen-bond acceptors (Lipinski definition) is 5. The number of amides is 1. The Hall–Kier alpha value is -3.75. The number of nitrogens with one attached hydrogen (secondary N) is 1. The molecule has 1 amide bonds. The Labute approximate surface area is 193 Å². The summed E-state index contributed by atoms with van der Waals surface area (Å²) in [5, 5.41) is 8.33. The lowest BCUT2D eigenvalue weighted by Gasteiger charge is -2.02. The van der Waals surface area contributed by atoms with E-state index in [4.69, 9.17) is 16.6 Å². The monoisotopic (exact) mass is 460 g/mol. The Morgan fingerprint density at radius 3 is 2.66 bits per heavy atom. The summed E-state index contributed by atoms with van der Waals surface area (Å²) in [6.45, 7) is 0. The van der Waals surface area contributed by atoms with Gasteiger partial charge >= 0.3 is 0 Å². The van der Waals surface area contributed by atoms with Crippen molar-refractivity contribution in [2.24, 2.45) is 7.05 Å². The zero-order valence-corrected chi connectivity index (χ0v) is 18.5. The standard InChI is InChI=1S/C23H17ClN6OS/c1-29-13-11-25-21(29)20-19(15-6-3-2-4-7-15)26-23(32-20)27-22(31)18-10-12-30(28-18)17-9-5-8-16(24)14-17/h2-14H,1H3,(H,26,27,31). The van der Waals surface area contributed by atoms with Crippen LogP contribution < -0.4 is 5.32 Å². The summed E-state index contributed by atoms with van der Waals surface area (Å²) < 4.78 is 3.54. The molecule has 0 saturated heterocycles. The fourth-order valence-electron chi connectivity index (χ4n) is 3.27. The molecule has 0 unspecified atom stereocenters. The predicted octanol–water partition coefficient (Wildman–Crippen LogP) is 5.30. The van der Waals surface area contributed by atoms with Crippen molar-refractivity contribution in [2.45, 2.75) is 0 Å². The van der Waals surface area contributed by atoms with E-state index in [0.717, 1.165) is 27.6 Å². The summed E-state index contributed by atoms with van der Waals surface area (Å²) in [5.74, 6) is 0.442. The Morgan fingerprint density at radius 2 is 1.91 bits per heavy atom. The first-order chi connectivity index (χ1) is 15.6. The van der Waals surface area contributed by atoms with Crippen molar-refractivity contribution in [1.82, 2.24) is 24.3 Å². The molecule has 0 bridgehead atoms. The van der Waals surface area contributed by atoms with Crippen LogP contribution in [-0.2, 0) is 7.05 Å². The lowest BCUT2D eigenvalue weighted by molar-refractivity contribution is 0.102. The molecule has 0 aliphatic rings. The summed E-state index contributed by atoms with van der Waals surface area (Å²) in [6.07, 6.45) is 5.34. The fourth-order valence-corrected chi connectivity index (χ4v) is 4.48. The van der Waals surface area contributed by atoms with E-state index in [0.29, 0.717) is 10.2 Å². The molecule has 3 aromatic heterocycles. The molecular weight excluding hydrogens is 444 g/mol. The summed E-state index contributed by atoms with van der Waals surface area (Å²) in [7, 11) is 1.93. The zero-order valence-electron chi connectivity index (χ0n) is 16.9. The number of halogens is 1. The Morgan fingerprint density at radius 1 is 1.06 bits per heavy atom. The number of thiazole rings is 1. The molecule has 0 aliphatic carbocycles. The lowest BCUT2D eigenvalue weighted by Crippen LogP contribution is -2.13. The highest BCUT2D eigenvalue weighted by Gasteiger charge is 2.20. The fraction of sp³-hybridized carbons (Fsp3) is 0.0435. The molecule has 32 heavy (non-hydrogen) atoms. The highest BCUT2D eigenvalue weighted by molar-refractivity contribution is 7.19. The third-order valence-corrected chi connectivity index (χ3v) is 6.02. The van der Waals surface area contributed by atoms with E-state index in [1.165, 1.54) is 11.3 Å². The van der Waals surface area contributed by atoms with E-state index < -0.39 is 0 Å². The van der Waals surface area contributed by atoms with E-state index in [1.54, 1.807) is 35.3 Å². The van der Waals surface area contributed by atoms with Gasteiger partial charge in [-0.3, -0.25) is 10.1 Å². The van der Waals surface area contributed by atoms with Gasteiger partial charge in [-0.2, -0.15) is 5.10 Å². The molecule has 2 aromatic carbocycles. The number of hydrogen-bond donors (Lipinski definition) is 1. The van der Waals surface area contributed by atoms with Crippen LogP contribution >= 0.6 is 22.9 Å². The number of rotatable bonds is 5. The summed E-state index contributed by atoms with van der Waals surface area (Å²) in [4.78, 5) is 22.9. The number of carbonyl (C=O) groups is 1. The molecule has 3 heterocycles. The summed E-state index contributed by atoms with van der Waals surface area (Å²) in [5.41, 5.74) is 2.77. The van der Waals surface area contributed by atoms with Gasteiger partial charge in [-0.1, -0.05) is 59.3 Å². The number of aryl methyl sites for hydroxylation is 1. The lowest BCUT2D eigenvalue weighted by atomic mass is 10.1. The molecule has 5 aromatic rings. The molecule has 5 rings (SSSR count). The summed E-state index contributed by atoms with van der Waals surface area (Å²) in [6, 6.07) is 18.8. The van der Waals surface area contributed by atoms with Crippen LogP contribution in [0.2, 0.25) is 5.02 Å². The zero-order chi connectivity index (χ0) is 22.1. The number of aromatic nitrogens is 5. The van der Waals surface area contributed by atoms with Crippen LogP contribution in [0.1, 0.15) is 10.5 Å². The van der Waals surface area contributed by atoms with E-state index in [9.17, 15) is 4.79 Å². The first-order valence-corrected chi connectivity index (χ1v) is 10.9. The second-order valence-corrected chi connectivity index (χ2v) is 8.44. The maximum Gasteiger partial charge on any atom is 0.277 e. The maximum absolute atomic E-state index is 12.9. The van der Waals surface area contributed by atoms with Gasteiger partial charge < -0.3 is 4.57 Å². The number of imidazole rings is 1. The van der Waals surface area contributed by atoms with E-state index in [2.05, 4.69) is 15.4 Å². The van der Waals surface area contributed by atoms with Crippen LogP contribution in [0.25, 0.3) is 27.6 Å². The molecule has 0 atom stereocenters. The topological polar surface area (TPSA) is 77.6 Å². The molecule has 7 nitrogen and oxygen atoms in total. The number of carbonyl (C=O) groups excluding carboxylic acids is 1. The average Bonchev–Trinajstić information content (AvgIpc) is 3.54. The molecule has 1 N–H and O–H groups in total. The first-order valence-electron chi connectivity index (χ1n) is 9.75. The summed E-state index contributed by atoms with van der Waals surface area (Å²) >= 11 is 7.43. The second kappa shape index (κ2) is 8.41. The van der Waals surface area contributed by atoms with Crippen molar-refractivity contribution >= 4 is 34.0 Å². The van der Waals surface area contributed by atoms with E-state index in [-0.39, 0.29) is 11.6 Å². The van der Waals surface area contributed by atoms with E-state index >= 15 is 0 Å². The molecule has 158 valence electrons. The smallest absolute Gasteiger partial charge is 0.277 e. The van der Waals surface area contributed by atoms with Gasteiger partial charge in [0.25, 0.3) is 5.91 Å². The van der Waals surface area contributed by atoms with Crippen LogP contribution in [0.4, 0.5) is 5.13 Å². The Kier molecular flexibility index (Phi) is 5.30. The van der Waals surface area contributed by atoms with Gasteiger partial charge in [0.05, 0.1) is 16.3 Å². The van der Waals surface area contributed by atoms with Crippen molar-refractivity contribution in [1.29, 1.82) is 0 Å². The normalized spacial score (nSPS) is 10.9. The minimum atomic E-state index is -0.342. The first kappa shape index (κ1) is 20.2. The van der Waals surface area contributed by atoms with Crippen molar-refractivity contribution in [3.05, 3.63) is 90.0 Å². The largest absolute Gasteiger partial charge is 0.333 e. The Bertz CT molecular complexity index is 1400. The minimum absolute atomic E-state index is 0.278. The van der Waals surface area contributed by atoms with Crippen LogP contribution in [0, 0.1) is 0 Å².